The van der Waals surface area contributed by atoms with E-state index >= 15 is 0 Å². The third-order valence-electron chi connectivity index (χ3n) is 1.85. The van der Waals surface area contributed by atoms with Crippen molar-refractivity contribution < 1.29 is 14.3 Å². The SMILES string of the molecule is CC(C)(C)OC(=O)CSCC(C)(C)C(=O)NN. The number of nitrogens with one attached hydrogen (secondary N) is 1. The number of hydrogen-bond acceptors (Lipinski definition) is 5. The van der Waals surface area contributed by atoms with Gasteiger partial charge in [0.1, 0.15) is 5.60 Å². The summed E-state index contributed by atoms with van der Waals surface area (Å²) in [6.07, 6.45) is 0. The molecular formula is C11H22N2O3S. The zero-order valence-corrected chi connectivity index (χ0v) is 11.9. The number of thioether (sulfide) groups is 1. The summed E-state index contributed by atoms with van der Waals surface area (Å²) in [7, 11) is 0. The first-order chi connectivity index (χ1) is 7.58. The van der Waals surface area contributed by atoms with E-state index in [2.05, 4.69) is 5.43 Å². The lowest BCUT2D eigenvalue weighted by atomic mass is 9.96. The van der Waals surface area contributed by atoms with Crippen LogP contribution in [0.2, 0.25) is 0 Å². The van der Waals surface area contributed by atoms with Gasteiger partial charge in [-0.3, -0.25) is 15.0 Å². The van der Waals surface area contributed by atoms with E-state index in [9.17, 15) is 9.59 Å². The Morgan fingerprint density at radius 1 is 1.24 bits per heavy atom. The lowest BCUT2D eigenvalue weighted by Crippen LogP contribution is -2.42. The fourth-order valence-electron chi connectivity index (χ4n) is 1.02. The minimum atomic E-state index is -0.596. The van der Waals surface area contributed by atoms with E-state index in [1.807, 2.05) is 20.8 Å². The number of ether oxygens (including phenoxy) is 1. The molecule has 0 fully saturated rings. The van der Waals surface area contributed by atoms with Crippen LogP contribution in [0.15, 0.2) is 0 Å². The molecule has 0 rings (SSSR count). The normalized spacial score (nSPS) is 12.1. The Balaban J connectivity index is 4.00. The fourth-order valence-corrected chi connectivity index (χ4v) is 1.99. The number of carbonyl (C=O) groups excluding carboxylic acids is 2. The van der Waals surface area contributed by atoms with Crippen LogP contribution in [-0.2, 0) is 14.3 Å². The van der Waals surface area contributed by atoms with Crippen molar-refractivity contribution in [1.29, 1.82) is 0 Å². The molecule has 0 saturated heterocycles. The van der Waals surface area contributed by atoms with Gasteiger partial charge in [-0.25, -0.2) is 5.84 Å². The second-order valence-corrected chi connectivity index (χ2v) is 6.42. The number of carbonyl (C=O) groups is 2. The van der Waals surface area contributed by atoms with E-state index in [4.69, 9.17) is 10.6 Å². The molecule has 0 aliphatic carbocycles. The minimum absolute atomic E-state index is 0.235. The van der Waals surface area contributed by atoms with Crippen molar-refractivity contribution in [2.75, 3.05) is 11.5 Å². The maximum absolute atomic E-state index is 11.4. The molecule has 0 aliphatic rings. The predicted molar refractivity (Wildman–Crippen MR) is 69.3 cm³/mol. The first kappa shape index (κ1) is 16.2. The summed E-state index contributed by atoms with van der Waals surface area (Å²) >= 11 is 1.36. The number of esters is 1. The number of hydrazine groups is 1. The Hall–Kier alpha value is -0.750. The molecule has 0 aliphatic heterocycles. The van der Waals surface area contributed by atoms with Crippen molar-refractivity contribution in [2.45, 2.75) is 40.2 Å². The van der Waals surface area contributed by atoms with Crippen LogP contribution in [-0.4, -0.2) is 29.0 Å². The number of nitrogens with two attached hydrogens (primary N) is 1. The molecule has 0 aromatic carbocycles. The highest BCUT2D eigenvalue weighted by molar-refractivity contribution is 7.99. The van der Waals surface area contributed by atoms with Crippen LogP contribution in [0.5, 0.6) is 0 Å². The Morgan fingerprint density at radius 3 is 2.18 bits per heavy atom. The highest BCUT2D eigenvalue weighted by atomic mass is 32.2. The molecule has 17 heavy (non-hydrogen) atoms. The van der Waals surface area contributed by atoms with E-state index < -0.39 is 11.0 Å². The highest BCUT2D eigenvalue weighted by Gasteiger charge is 2.27. The van der Waals surface area contributed by atoms with Gasteiger partial charge >= 0.3 is 5.97 Å². The summed E-state index contributed by atoms with van der Waals surface area (Å²) in [5.41, 5.74) is 1.05. The van der Waals surface area contributed by atoms with Gasteiger partial charge in [0, 0.05) is 5.75 Å². The Kier molecular flexibility index (Phi) is 5.98. The Labute approximate surface area is 107 Å². The second kappa shape index (κ2) is 6.26. The first-order valence-electron chi connectivity index (χ1n) is 5.39. The van der Waals surface area contributed by atoms with Gasteiger partial charge in [0.25, 0.3) is 0 Å². The van der Waals surface area contributed by atoms with Gasteiger partial charge in [0.2, 0.25) is 5.91 Å². The summed E-state index contributed by atoms with van der Waals surface area (Å²) in [5, 5.41) is 0. The van der Waals surface area contributed by atoms with Crippen molar-refractivity contribution in [3.8, 4) is 0 Å². The summed E-state index contributed by atoms with van der Waals surface area (Å²) in [4.78, 5) is 22.8. The maximum atomic E-state index is 11.4. The minimum Gasteiger partial charge on any atom is -0.459 e. The van der Waals surface area contributed by atoms with Gasteiger partial charge in [-0.15, -0.1) is 11.8 Å². The van der Waals surface area contributed by atoms with E-state index in [0.29, 0.717) is 5.75 Å². The number of rotatable bonds is 5. The first-order valence-corrected chi connectivity index (χ1v) is 6.54. The van der Waals surface area contributed by atoms with E-state index in [1.165, 1.54) is 11.8 Å². The predicted octanol–water partition coefficient (Wildman–Crippen LogP) is 1.08. The third-order valence-corrected chi connectivity index (χ3v) is 3.21. The van der Waals surface area contributed by atoms with Crippen molar-refractivity contribution in [1.82, 2.24) is 5.43 Å². The van der Waals surface area contributed by atoms with Gasteiger partial charge in [-0.2, -0.15) is 0 Å². The van der Waals surface area contributed by atoms with Crippen LogP contribution in [0.3, 0.4) is 0 Å². The largest absolute Gasteiger partial charge is 0.459 e. The number of hydrogen-bond donors (Lipinski definition) is 2. The lowest BCUT2D eigenvalue weighted by Gasteiger charge is -2.22. The van der Waals surface area contributed by atoms with Gasteiger partial charge in [0.15, 0.2) is 0 Å². The summed E-state index contributed by atoms with van der Waals surface area (Å²) in [6, 6.07) is 0. The standard InChI is InChI=1S/C11H22N2O3S/c1-10(2,3)16-8(14)6-17-7-11(4,5)9(15)13-12/h6-7,12H2,1-5H3,(H,13,15). The molecule has 0 aromatic rings. The van der Waals surface area contributed by atoms with Crippen LogP contribution < -0.4 is 11.3 Å². The molecule has 0 atom stereocenters. The van der Waals surface area contributed by atoms with Gasteiger partial charge in [-0.1, -0.05) is 13.8 Å². The molecule has 100 valence electrons. The van der Waals surface area contributed by atoms with Crippen molar-refractivity contribution in [2.24, 2.45) is 11.3 Å². The lowest BCUT2D eigenvalue weighted by molar-refractivity contribution is -0.151. The molecular weight excluding hydrogens is 240 g/mol. The summed E-state index contributed by atoms with van der Waals surface area (Å²) < 4.78 is 5.15. The van der Waals surface area contributed by atoms with Crippen LogP contribution in [0.25, 0.3) is 0 Å². The molecule has 0 radical (unpaired) electrons. The molecule has 3 N–H and O–H groups in total. The Bertz CT molecular complexity index is 285. The maximum Gasteiger partial charge on any atom is 0.316 e. The van der Waals surface area contributed by atoms with Gasteiger partial charge in [0.05, 0.1) is 11.2 Å². The van der Waals surface area contributed by atoms with Crippen LogP contribution in [0.4, 0.5) is 0 Å². The average Bonchev–Trinajstić information content (AvgIpc) is 2.13. The Morgan fingerprint density at radius 2 is 1.76 bits per heavy atom. The molecule has 1 amide bonds. The molecule has 0 saturated carbocycles. The monoisotopic (exact) mass is 262 g/mol. The van der Waals surface area contributed by atoms with Crippen molar-refractivity contribution in [3.05, 3.63) is 0 Å². The smallest absolute Gasteiger partial charge is 0.316 e. The fraction of sp³-hybridized carbons (Fsp3) is 0.818. The van der Waals surface area contributed by atoms with Crippen LogP contribution >= 0.6 is 11.8 Å². The average molecular weight is 262 g/mol. The van der Waals surface area contributed by atoms with E-state index in [1.54, 1.807) is 13.8 Å². The van der Waals surface area contributed by atoms with Crippen molar-refractivity contribution in [3.63, 3.8) is 0 Å². The number of amides is 1. The topological polar surface area (TPSA) is 81.4 Å². The second-order valence-electron chi connectivity index (χ2n) is 5.44. The van der Waals surface area contributed by atoms with E-state index in [0.717, 1.165) is 0 Å². The zero-order chi connectivity index (χ0) is 13.7. The third kappa shape index (κ3) is 7.23. The summed E-state index contributed by atoms with van der Waals surface area (Å²) in [6.45, 7) is 9.01. The summed E-state index contributed by atoms with van der Waals surface area (Å²) in [5.74, 6) is 5.30. The van der Waals surface area contributed by atoms with Gasteiger partial charge in [-0.05, 0) is 20.8 Å². The molecule has 0 spiro atoms. The van der Waals surface area contributed by atoms with Crippen LogP contribution in [0, 0.1) is 5.41 Å². The van der Waals surface area contributed by atoms with Gasteiger partial charge < -0.3 is 4.74 Å². The molecule has 0 unspecified atom stereocenters. The van der Waals surface area contributed by atoms with E-state index in [-0.39, 0.29) is 17.6 Å². The molecule has 0 heterocycles. The quantitative estimate of drug-likeness (QED) is 0.335. The molecule has 0 aromatic heterocycles. The highest BCUT2D eigenvalue weighted by Crippen LogP contribution is 2.22. The zero-order valence-electron chi connectivity index (χ0n) is 11.1. The molecule has 0 bridgehead atoms. The molecule has 6 heteroatoms. The van der Waals surface area contributed by atoms with Crippen LogP contribution in [0.1, 0.15) is 34.6 Å². The van der Waals surface area contributed by atoms with Crippen molar-refractivity contribution >= 4 is 23.6 Å². The molecule has 5 nitrogen and oxygen atoms in total.